The third-order valence-corrected chi connectivity index (χ3v) is 6.38. The van der Waals surface area contributed by atoms with Crippen molar-refractivity contribution in [2.24, 2.45) is 11.8 Å². The third-order valence-electron chi connectivity index (χ3n) is 5.57. The van der Waals surface area contributed by atoms with Gasteiger partial charge in [0.2, 0.25) is 5.91 Å². The molecule has 0 spiro atoms. The van der Waals surface area contributed by atoms with Gasteiger partial charge >= 0.3 is 0 Å². The molecule has 0 saturated carbocycles. The number of fused-ring (bicyclic) bond motifs is 1. The van der Waals surface area contributed by atoms with Crippen LogP contribution in [-0.4, -0.2) is 11.9 Å². The minimum absolute atomic E-state index is 0.0670. The molecule has 0 radical (unpaired) electrons. The van der Waals surface area contributed by atoms with Gasteiger partial charge in [-0.15, -0.1) is 0 Å². The fourth-order valence-electron chi connectivity index (χ4n) is 4.43. The van der Waals surface area contributed by atoms with E-state index in [1.807, 2.05) is 30.3 Å². The van der Waals surface area contributed by atoms with Crippen LogP contribution in [0.3, 0.4) is 0 Å². The van der Waals surface area contributed by atoms with Gasteiger partial charge in [0.05, 0.1) is 5.92 Å². The molecular formula is C21H18Cl3NO. The van der Waals surface area contributed by atoms with E-state index in [0.29, 0.717) is 15.1 Å². The number of halogens is 3. The van der Waals surface area contributed by atoms with E-state index in [1.54, 1.807) is 6.07 Å². The highest BCUT2D eigenvalue weighted by Crippen LogP contribution is 2.51. The number of carbonyl (C=O) groups excluding carboxylic acids is 1. The number of rotatable bonds is 2. The molecule has 0 aromatic heterocycles. The number of nitrogens with one attached hydrogen (secondary N) is 1. The summed E-state index contributed by atoms with van der Waals surface area (Å²) >= 11 is 18.7. The first-order valence-electron chi connectivity index (χ1n) is 8.65. The molecule has 1 heterocycles. The molecule has 4 rings (SSSR count). The van der Waals surface area contributed by atoms with Gasteiger partial charge in [-0.1, -0.05) is 65.2 Å². The van der Waals surface area contributed by atoms with Crippen LogP contribution in [-0.2, 0) is 4.79 Å². The van der Waals surface area contributed by atoms with Crippen molar-refractivity contribution in [3.8, 4) is 0 Å². The molecule has 2 aromatic carbocycles. The standard InChI is InChI=1S/C21H18Cl3NO/c1-11-19-17(21(26)25-11)9-8-16(15-7-6-14(23)10-18(15)24)20(19)12-2-4-13(22)5-3-12/h2-11,16-17,19-20H,1H3,(H,25,26)/t11-,16-,17-,19-,20+/m1/s1. The second-order valence-electron chi connectivity index (χ2n) is 7.05. The van der Waals surface area contributed by atoms with Gasteiger partial charge in [-0.3, -0.25) is 4.79 Å². The Bertz CT molecular complexity index is 877. The van der Waals surface area contributed by atoms with E-state index >= 15 is 0 Å². The summed E-state index contributed by atoms with van der Waals surface area (Å²) in [5.41, 5.74) is 2.19. The number of amides is 1. The van der Waals surface area contributed by atoms with Crippen molar-refractivity contribution in [3.63, 3.8) is 0 Å². The first kappa shape index (κ1) is 17.9. The number of hydrogen-bond acceptors (Lipinski definition) is 1. The van der Waals surface area contributed by atoms with Crippen LogP contribution in [0.15, 0.2) is 54.6 Å². The minimum Gasteiger partial charge on any atom is -0.353 e. The zero-order valence-electron chi connectivity index (χ0n) is 14.1. The highest BCUT2D eigenvalue weighted by molar-refractivity contribution is 6.35. The zero-order valence-corrected chi connectivity index (χ0v) is 16.4. The average Bonchev–Trinajstić information content (AvgIpc) is 2.90. The van der Waals surface area contributed by atoms with Gasteiger partial charge in [0.1, 0.15) is 0 Å². The summed E-state index contributed by atoms with van der Waals surface area (Å²) in [6, 6.07) is 13.6. The zero-order chi connectivity index (χ0) is 18.4. The van der Waals surface area contributed by atoms with Crippen LogP contribution in [0.1, 0.15) is 29.9 Å². The van der Waals surface area contributed by atoms with Crippen molar-refractivity contribution < 1.29 is 4.79 Å². The number of allylic oxidation sites excluding steroid dienone is 1. The molecule has 5 heteroatoms. The largest absolute Gasteiger partial charge is 0.353 e. The molecule has 0 bridgehead atoms. The molecule has 26 heavy (non-hydrogen) atoms. The molecule has 134 valence electrons. The quantitative estimate of drug-likeness (QED) is 0.624. The number of benzene rings is 2. The third kappa shape index (κ3) is 3.05. The van der Waals surface area contributed by atoms with E-state index in [9.17, 15) is 4.79 Å². The van der Waals surface area contributed by atoms with E-state index < -0.39 is 0 Å². The van der Waals surface area contributed by atoms with Gasteiger partial charge in [-0.25, -0.2) is 0 Å². The van der Waals surface area contributed by atoms with Gasteiger partial charge in [-0.2, -0.15) is 0 Å². The number of hydrogen-bond donors (Lipinski definition) is 1. The SMILES string of the molecule is C[C@H]1NC(=O)[C@@H]2C=C[C@H](c3ccc(Cl)cc3Cl)[C@H](c3ccc(Cl)cc3)[C@H]12. The van der Waals surface area contributed by atoms with Crippen LogP contribution in [0.2, 0.25) is 15.1 Å². The molecule has 1 fully saturated rings. The van der Waals surface area contributed by atoms with Crippen molar-refractivity contribution in [2.75, 3.05) is 0 Å². The maximum absolute atomic E-state index is 12.4. The van der Waals surface area contributed by atoms with Crippen molar-refractivity contribution >= 4 is 40.7 Å². The highest BCUT2D eigenvalue weighted by atomic mass is 35.5. The maximum Gasteiger partial charge on any atom is 0.227 e. The first-order valence-corrected chi connectivity index (χ1v) is 9.78. The fraction of sp³-hybridized carbons (Fsp3) is 0.286. The lowest BCUT2D eigenvalue weighted by Gasteiger charge is -2.38. The molecule has 5 atom stereocenters. The predicted octanol–water partition coefficient (Wildman–Crippen LogP) is 5.83. The van der Waals surface area contributed by atoms with Gasteiger partial charge in [0.25, 0.3) is 0 Å². The van der Waals surface area contributed by atoms with E-state index in [1.165, 1.54) is 0 Å². The molecular weight excluding hydrogens is 389 g/mol. The molecule has 0 unspecified atom stereocenters. The predicted molar refractivity (Wildman–Crippen MR) is 107 cm³/mol. The molecule has 2 nitrogen and oxygen atoms in total. The monoisotopic (exact) mass is 405 g/mol. The van der Waals surface area contributed by atoms with Crippen LogP contribution < -0.4 is 5.32 Å². The van der Waals surface area contributed by atoms with Gasteiger partial charge < -0.3 is 5.32 Å². The van der Waals surface area contributed by atoms with Crippen molar-refractivity contribution in [3.05, 3.63) is 80.8 Å². The lowest BCUT2D eigenvalue weighted by molar-refractivity contribution is -0.121. The average molecular weight is 407 g/mol. The van der Waals surface area contributed by atoms with Gasteiger partial charge in [-0.05, 0) is 42.3 Å². The molecule has 1 saturated heterocycles. The summed E-state index contributed by atoms with van der Waals surface area (Å²) in [5, 5.41) is 5.06. The Kier molecular flexibility index (Phi) is 4.77. The van der Waals surface area contributed by atoms with Crippen molar-refractivity contribution in [1.29, 1.82) is 0 Å². The lowest BCUT2D eigenvalue weighted by Crippen LogP contribution is -2.33. The fourth-order valence-corrected chi connectivity index (χ4v) is 5.10. The van der Waals surface area contributed by atoms with Crippen LogP contribution >= 0.6 is 34.8 Å². The highest BCUT2D eigenvalue weighted by Gasteiger charge is 2.48. The molecule has 2 aliphatic rings. The Morgan fingerprint density at radius 3 is 2.23 bits per heavy atom. The molecule has 1 aliphatic carbocycles. The molecule has 1 N–H and O–H groups in total. The second-order valence-corrected chi connectivity index (χ2v) is 8.33. The summed E-state index contributed by atoms with van der Waals surface area (Å²) in [4.78, 5) is 12.4. The van der Waals surface area contributed by atoms with E-state index in [-0.39, 0.29) is 35.6 Å². The molecule has 2 aromatic rings. The van der Waals surface area contributed by atoms with E-state index in [2.05, 4.69) is 30.4 Å². The van der Waals surface area contributed by atoms with Crippen LogP contribution in [0, 0.1) is 11.8 Å². The van der Waals surface area contributed by atoms with Crippen LogP contribution in [0.25, 0.3) is 0 Å². The minimum atomic E-state index is -0.118. The summed E-state index contributed by atoms with van der Waals surface area (Å²) in [7, 11) is 0. The molecule has 1 amide bonds. The van der Waals surface area contributed by atoms with Crippen LogP contribution in [0.5, 0.6) is 0 Å². The Hall–Kier alpha value is -1.48. The molecule has 1 aliphatic heterocycles. The van der Waals surface area contributed by atoms with Gasteiger partial charge in [0.15, 0.2) is 0 Å². The second kappa shape index (κ2) is 6.92. The first-order chi connectivity index (χ1) is 12.5. The van der Waals surface area contributed by atoms with E-state index in [4.69, 9.17) is 34.8 Å². The lowest BCUT2D eigenvalue weighted by atomic mass is 9.65. The Morgan fingerprint density at radius 2 is 1.54 bits per heavy atom. The summed E-state index contributed by atoms with van der Waals surface area (Å²) < 4.78 is 0. The Balaban J connectivity index is 1.85. The Morgan fingerprint density at radius 1 is 0.885 bits per heavy atom. The van der Waals surface area contributed by atoms with Crippen molar-refractivity contribution in [1.82, 2.24) is 5.32 Å². The Labute approximate surface area is 168 Å². The van der Waals surface area contributed by atoms with Crippen LogP contribution in [0.4, 0.5) is 0 Å². The normalized spacial score (nSPS) is 30.2. The summed E-state index contributed by atoms with van der Waals surface area (Å²) in [5.74, 6) is 0.323. The maximum atomic E-state index is 12.4. The summed E-state index contributed by atoms with van der Waals surface area (Å²) in [6.45, 7) is 2.07. The van der Waals surface area contributed by atoms with Gasteiger partial charge in [0, 0.05) is 38.9 Å². The number of carbonyl (C=O) groups is 1. The summed E-state index contributed by atoms with van der Waals surface area (Å²) in [6.07, 6.45) is 4.15. The smallest absolute Gasteiger partial charge is 0.227 e. The van der Waals surface area contributed by atoms with E-state index in [0.717, 1.165) is 11.1 Å². The van der Waals surface area contributed by atoms with Crippen molar-refractivity contribution in [2.45, 2.75) is 24.8 Å². The topological polar surface area (TPSA) is 29.1 Å².